The van der Waals surface area contributed by atoms with Crippen molar-refractivity contribution in [3.05, 3.63) is 39.8 Å². The molecule has 2 aromatic rings. The molecule has 0 aliphatic carbocycles. The number of aryl methyl sites for hydroxylation is 1. The van der Waals surface area contributed by atoms with E-state index >= 15 is 0 Å². The first-order chi connectivity index (χ1) is 9.00. The van der Waals surface area contributed by atoms with Crippen LogP contribution in [0, 0.1) is 17.0 Å². The lowest BCUT2D eigenvalue weighted by atomic mass is 10.3. The molecule has 0 aliphatic rings. The molecule has 9 nitrogen and oxygen atoms in total. The number of anilines is 1. The number of carbonyl (C=O) groups is 1. The van der Waals surface area contributed by atoms with Crippen molar-refractivity contribution in [3.8, 4) is 5.75 Å². The van der Waals surface area contributed by atoms with Crippen LogP contribution < -0.4 is 5.32 Å². The van der Waals surface area contributed by atoms with Crippen molar-refractivity contribution in [2.75, 3.05) is 5.32 Å². The summed E-state index contributed by atoms with van der Waals surface area (Å²) in [6, 6.07) is 2.80. The molecule has 9 heteroatoms. The molecule has 0 aliphatic heterocycles. The zero-order valence-electron chi connectivity index (χ0n) is 9.75. The van der Waals surface area contributed by atoms with Crippen molar-refractivity contribution < 1.29 is 14.8 Å². The molecule has 0 unspecified atom stereocenters. The van der Waals surface area contributed by atoms with Gasteiger partial charge in [0, 0.05) is 6.20 Å². The first-order valence-electron chi connectivity index (χ1n) is 5.15. The lowest BCUT2D eigenvalue weighted by Gasteiger charge is -2.03. The average molecular weight is 263 g/mol. The molecule has 19 heavy (non-hydrogen) atoms. The first-order valence-corrected chi connectivity index (χ1v) is 5.15. The molecule has 0 spiro atoms. The van der Waals surface area contributed by atoms with Crippen LogP contribution in [-0.2, 0) is 0 Å². The maximum absolute atomic E-state index is 11.9. The number of pyridine rings is 1. The van der Waals surface area contributed by atoms with E-state index in [4.69, 9.17) is 0 Å². The number of aromatic hydroxyl groups is 1. The number of hydrogen-bond donors (Lipinski definition) is 3. The van der Waals surface area contributed by atoms with Crippen LogP contribution in [0.1, 0.15) is 16.2 Å². The summed E-state index contributed by atoms with van der Waals surface area (Å²) < 4.78 is 0. The highest BCUT2D eigenvalue weighted by molar-refractivity contribution is 6.05. The fourth-order valence-electron chi connectivity index (χ4n) is 1.46. The normalized spacial score (nSPS) is 10.2. The molecule has 0 radical (unpaired) electrons. The summed E-state index contributed by atoms with van der Waals surface area (Å²) in [4.78, 5) is 25.7. The topological polar surface area (TPSA) is 134 Å². The van der Waals surface area contributed by atoms with E-state index in [2.05, 4.69) is 20.5 Å². The largest absolute Gasteiger partial charge is 0.504 e. The number of aromatic amines is 1. The van der Waals surface area contributed by atoms with Crippen LogP contribution in [-0.4, -0.2) is 31.1 Å². The highest BCUT2D eigenvalue weighted by Gasteiger charge is 2.27. The summed E-state index contributed by atoms with van der Waals surface area (Å²) in [6.07, 6.45) is 1.36. The highest BCUT2D eigenvalue weighted by atomic mass is 16.6. The Labute approximate surface area is 106 Å². The maximum atomic E-state index is 11.9. The Balaban J connectivity index is 2.31. The van der Waals surface area contributed by atoms with Gasteiger partial charge in [0.15, 0.2) is 11.6 Å². The Morgan fingerprint density at radius 2 is 2.32 bits per heavy atom. The van der Waals surface area contributed by atoms with Gasteiger partial charge in [0.2, 0.25) is 5.69 Å². The summed E-state index contributed by atoms with van der Waals surface area (Å²) in [7, 11) is 0. The Kier molecular flexibility index (Phi) is 3.10. The van der Waals surface area contributed by atoms with Gasteiger partial charge in [-0.15, -0.1) is 0 Å². The zero-order valence-corrected chi connectivity index (χ0v) is 9.75. The van der Waals surface area contributed by atoms with Crippen LogP contribution in [0.3, 0.4) is 0 Å². The molecule has 0 fully saturated rings. The van der Waals surface area contributed by atoms with Gasteiger partial charge in [-0.3, -0.25) is 20.0 Å². The lowest BCUT2D eigenvalue weighted by molar-refractivity contribution is -0.385. The smallest absolute Gasteiger partial charge is 0.322 e. The number of nitrogens with one attached hydrogen (secondary N) is 2. The minimum atomic E-state index is -0.829. The number of H-pyrrole nitrogens is 1. The molecule has 3 N–H and O–H groups in total. The van der Waals surface area contributed by atoms with Gasteiger partial charge in [0.1, 0.15) is 5.69 Å². The number of carbonyl (C=O) groups excluding carboxylic acids is 1. The van der Waals surface area contributed by atoms with E-state index < -0.39 is 16.5 Å². The molecule has 0 bridgehead atoms. The maximum Gasteiger partial charge on any atom is 0.322 e. The van der Waals surface area contributed by atoms with E-state index in [1.165, 1.54) is 25.3 Å². The van der Waals surface area contributed by atoms with E-state index in [1.807, 2.05) is 0 Å². The molecule has 2 heterocycles. The summed E-state index contributed by atoms with van der Waals surface area (Å²) >= 11 is 0. The van der Waals surface area contributed by atoms with Gasteiger partial charge in [-0.2, -0.15) is 5.10 Å². The number of aromatic nitrogens is 3. The third-order valence-corrected chi connectivity index (χ3v) is 2.33. The van der Waals surface area contributed by atoms with Crippen LogP contribution in [0.2, 0.25) is 0 Å². The van der Waals surface area contributed by atoms with Gasteiger partial charge in [-0.1, -0.05) is 0 Å². The van der Waals surface area contributed by atoms with Gasteiger partial charge in [0.25, 0.3) is 5.91 Å². The Morgan fingerprint density at radius 1 is 1.58 bits per heavy atom. The second-order valence-corrected chi connectivity index (χ2v) is 3.63. The van der Waals surface area contributed by atoms with Crippen molar-refractivity contribution in [3.63, 3.8) is 0 Å². The van der Waals surface area contributed by atoms with Gasteiger partial charge in [-0.05, 0) is 19.1 Å². The minimum absolute atomic E-state index is 0.0950. The van der Waals surface area contributed by atoms with Gasteiger partial charge in [-0.25, -0.2) is 4.98 Å². The second-order valence-electron chi connectivity index (χ2n) is 3.63. The van der Waals surface area contributed by atoms with Gasteiger partial charge < -0.3 is 10.4 Å². The fourth-order valence-corrected chi connectivity index (χ4v) is 1.46. The molecular formula is C10H9N5O4. The predicted octanol–water partition coefficient (Wildman–Crippen LogP) is 0.979. The molecule has 2 rings (SSSR count). The van der Waals surface area contributed by atoms with Crippen molar-refractivity contribution >= 4 is 17.4 Å². The van der Waals surface area contributed by atoms with Gasteiger partial charge >= 0.3 is 5.69 Å². The van der Waals surface area contributed by atoms with Crippen molar-refractivity contribution in [2.24, 2.45) is 0 Å². The minimum Gasteiger partial charge on any atom is -0.504 e. The number of amides is 1. The molecule has 0 saturated heterocycles. The number of rotatable bonds is 3. The highest BCUT2D eigenvalue weighted by Crippen LogP contribution is 2.23. The third kappa shape index (κ3) is 2.34. The monoisotopic (exact) mass is 263 g/mol. The van der Waals surface area contributed by atoms with E-state index in [1.54, 1.807) is 0 Å². The van der Waals surface area contributed by atoms with Crippen LogP contribution in [0.25, 0.3) is 0 Å². The Morgan fingerprint density at radius 3 is 2.95 bits per heavy atom. The zero-order chi connectivity index (χ0) is 14.0. The summed E-state index contributed by atoms with van der Waals surface area (Å²) in [5, 5.41) is 28.5. The second kappa shape index (κ2) is 4.72. The molecule has 0 aromatic carbocycles. The van der Waals surface area contributed by atoms with Crippen molar-refractivity contribution in [2.45, 2.75) is 6.92 Å². The van der Waals surface area contributed by atoms with E-state index in [0.29, 0.717) is 0 Å². The molecule has 0 saturated carbocycles. The van der Waals surface area contributed by atoms with Gasteiger partial charge in [0.05, 0.1) is 4.92 Å². The molecule has 98 valence electrons. The van der Waals surface area contributed by atoms with Crippen molar-refractivity contribution in [1.82, 2.24) is 15.2 Å². The number of nitrogens with zero attached hydrogens (tertiary/aromatic N) is 3. The summed E-state index contributed by atoms with van der Waals surface area (Å²) in [6.45, 7) is 1.43. The Bertz CT molecular complexity index is 651. The van der Waals surface area contributed by atoms with Crippen LogP contribution in [0.5, 0.6) is 5.75 Å². The SMILES string of the molecule is Cc1[nH]nc(C(=O)Nc2ncccc2O)c1[N+](=O)[O-]. The molecule has 1 amide bonds. The fraction of sp³-hybridized carbons (Fsp3) is 0.100. The van der Waals surface area contributed by atoms with E-state index in [-0.39, 0.29) is 23.0 Å². The van der Waals surface area contributed by atoms with Crippen LogP contribution in [0.4, 0.5) is 11.5 Å². The summed E-state index contributed by atoms with van der Waals surface area (Å²) in [5.41, 5.74) is -0.610. The van der Waals surface area contributed by atoms with Crippen LogP contribution in [0.15, 0.2) is 18.3 Å². The number of nitro groups is 1. The molecular weight excluding hydrogens is 254 g/mol. The standard InChI is InChI=1S/C10H9N5O4/c1-5-8(15(18)19)7(14-13-5)10(17)12-9-6(16)3-2-4-11-9/h2-4,16H,1H3,(H,13,14)(H,11,12,17). The van der Waals surface area contributed by atoms with Crippen molar-refractivity contribution in [1.29, 1.82) is 0 Å². The average Bonchev–Trinajstić information content (AvgIpc) is 2.74. The quantitative estimate of drug-likeness (QED) is 0.558. The van der Waals surface area contributed by atoms with E-state index in [0.717, 1.165) is 0 Å². The molecule has 0 atom stereocenters. The Hall–Kier alpha value is -2.97. The molecule has 2 aromatic heterocycles. The van der Waals surface area contributed by atoms with E-state index in [9.17, 15) is 20.0 Å². The summed E-state index contributed by atoms with van der Waals surface area (Å²) in [5.74, 6) is -1.17. The number of hydrogen-bond acceptors (Lipinski definition) is 6. The first kappa shape index (κ1) is 12.5. The predicted molar refractivity (Wildman–Crippen MR) is 63.8 cm³/mol. The van der Waals surface area contributed by atoms with Crippen LogP contribution >= 0.6 is 0 Å². The lowest BCUT2D eigenvalue weighted by Crippen LogP contribution is -2.15. The third-order valence-electron chi connectivity index (χ3n) is 2.33.